The Kier molecular flexibility index (Phi) is 7.90. The Labute approximate surface area is 203 Å². The number of carbonyl (C=O) groups excluding carboxylic acids is 3. The molecule has 0 aliphatic carbocycles. The molecule has 1 heterocycles. The van der Waals surface area contributed by atoms with Crippen molar-refractivity contribution in [1.29, 1.82) is 0 Å². The summed E-state index contributed by atoms with van der Waals surface area (Å²) in [6.45, 7) is 10.1. The van der Waals surface area contributed by atoms with Gasteiger partial charge in [0.1, 0.15) is 16.9 Å². The number of hydrogen-bond acceptors (Lipinski definition) is 7. The van der Waals surface area contributed by atoms with Crippen molar-refractivity contribution in [2.75, 3.05) is 7.11 Å². The SMILES string of the molecule is COC(=O)[C@H](Cc1ccc(C2CC(=O)N(C(C)(C)C)S2(=O)=O)c(Br)c1)NC(=O)OC(C)(C)C. The molecule has 2 amide bonds. The molecule has 1 N–H and O–H groups in total. The van der Waals surface area contributed by atoms with Gasteiger partial charge in [-0.25, -0.2) is 22.3 Å². The molecule has 0 radical (unpaired) electrons. The number of alkyl carbamates (subject to hydrolysis) is 1. The third kappa shape index (κ3) is 6.47. The van der Waals surface area contributed by atoms with Gasteiger partial charge in [-0.2, -0.15) is 0 Å². The van der Waals surface area contributed by atoms with E-state index in [1.807, 2.05) is 0 Å². The van der Waals surface area contributed by atoms with Crippen LogP contribution in [-0.4, -0.2) is 55.0 Å². The third-order valence-electron chi connectivity index (χ3n) is 4.84. The van der Waals surface area contributed by atoms with Gasteiger partial charge in [-0.15, -0.1) is 0 Å². The summed E-state index contributed by atoms with van der Waals surface area (Å²) >= 11 is 3.41. The average molecular weight is 547 g/mol. The number of carbonyl (C=O) groups is 3. The minimum Gasteiger partial charge on any atom is -0.467 e. The van der Waals surface area contributed by atoms with E-state index in [-0.39, 0.29) is 12.8 Å². The summed E-state index contributed by atoms with van der Waals surface area (Å²) in [7, 11) is -2.67. The number of sulfonamides is 1. The van der Waals surface area contributed by atoms with E-state index in [1.165, 1.54) is 7.11 Å². The highest BCUT2D eigenvalue weighted by Crippen LogP contribution is 2.42. The maximum atomic E-state index is 13.1. The van der Waals surface area contributed by atoms with Crippen LogP contribution in [0.2, 0.25) is 0 Å². The van der Waals surface area contributed by atoms with Gasteiger partial charge in [0, 0.05) is 10.9 Å². The first kappa shape index (κ1) is 27.1. The summed E-state index contributed by atoms with van der Waals surface area (Å²) < 4.78 is 37.6. The van der Waals surface area contributed by atoms with Gasteiger partial charge in [0.05, 0.1) is 19.1 Å². The van der Waals surface area contributed by atoms with Gasteiger partial charge in [0.2, 0.25) is 15.9 Å². The molecule has 1 aromatic rings. The second kappa shape index (κ2) is 9.61. The number of methoxy groups -OCH3 is 1. The lowest BCUT2D eigenvalue weighted by molar-refractivity contribution is -0.143. The molecule has 1 aromatic carbocycles. The van der Waals surface area contributed by atoms with E-state index in [9.17, 15) is 22.8 Å². The largest absolute Gasteiger partial charge is 0.467 e. The van der Waals surface area contributed by atoms with E-state index in [0.29, 0.717) is 15.6 Å². The van der Waals surface area contributed by atoms with E-state index >= 15 is 0 Å². The Morgan fingerprint density at radius 1 is 1.21 bits per heavy atom. The lowest BCUT2D eigenvalue weighted by atomic mass is 10.0. The van der Waals surface area contributed by atoms with Crippen molar-refractivity contribution in [2.24, 2.45) is 0 Å². The lowest BCUT2D eigenvalue weighted by Gasteiger charge is -2.31. The van der Waals surface area contributed by atoms with E-state index in [1.54, 1.807) is 59.7 Å². The number of hydrogen-bond donors (Lipinski definition) is 1. The number of esters is 1. The molecule has 1 aliphatic rings. The van der Waals surface area contributed by atoms with Crippen LogP contribution in [0.1, 0.15) is 64.3 Å². The predicted molar refractivity (Wildman–Crippen MR) is 126 cm³/mol. The molecule has 1 fully saturated rings. The second-order valence-electron chi connectivity index (χ2n) is 9.85. The van der Waals surface area contributed by atoms with Crippen LogP contribution in [0.4, 0.5) is 4.79 Å². The Morgan fingerprint density at radius 3 is 2.27 bits per heavy atom. The third-order valence-corrected chi connectivity index (χ3v) is 7.92. The van der Waals surface area contributed by atoms with Crippen LogP contribution < -0.4 is 5.32 Å². The minimum absolute atomic E-state index is 0.0925. The summed E-state index contributed by atoms with van der Waals surface area (Å²) in [5.41, 5.74) is -0.501. The second-order valence-corrected chi connectivity index (χ2v) is 12.7. The highest BCUT2D eigenvalue weighted by molar-refractivity contribution is 9.10. The maximum Gasteiger partial charge on any atom is 0.408 e. The van der Waals surface area contributed by atoms with Crippen molar-refractivity contribution >= 4 is 43.9 Å². The number of rotatable bonds is 5. The molecule has 0 saturated carbocycles. The number of nitrogens with one attached hydrogen (secondary N) is 1. The molecular weight excluding hydrogens is 516 g/mol. The fourth-order valence-electron chi connectivity index (χ4n) is 3.62. The first-order valence-corrected chi connectivity index (χ1v) is 12.7. The first-order valence-electron chi connectivity index (χ1n) is 10.4. The van der Waals surface area contributed by atoms with Crippen molar-refractivity contribution in [3.8, 4) is 0 Å². The molecule has 1 unspecified atom stereocenters. The quantitative estimate of drug-likeness (QED) is 0.561. The van der Waals surface area contributed by atoms with Gasteiger partial charge in [0.25, 0.3) is 0 Å². The number of nitrogens with zero attached hydrogens (tertiary/aromatic N) is 1. The molecule has 1 saturated heterocycles. The van der Waals surface area contributed by atoms with E-state index in [4.69, 9.17) is 9.47 Å². The Balaban J connectivity index is 2.28. The monoisotopic (exact) mass is 546 g/mol. The van der Waals surface area contributed by atoms with Crippen molar-refractivity contribution in [3.05, 3.63) is 33.8 Å². The molecular formula is C22H31BrN2O7S. The molecule has 9 nitrogen and oxygen atoms in total. The summed E-state index contributed by atoms with van der Waals surface area (Å²) in [5.74, 6) is -1.10. The van der Waals surface area contributed by atoms with Crippen LogP contribution in [0.3, 0.4) is 0 Å². The molecule has 0 aromatic heterocycles. The van der Waals surface area contributed by atoms with Crippen molar-refractivity contribution in [3.63, 3.8) is 0 Å². The summed E-state index contributed by atoms with van der Waals surface area (Å²) in [6, 6.07) is 3.94. The highest BCUT2D eigenvalue weighted by Gasteiger charge is 2.50. The molecule has 0 spiro atoms. The van der Waals surface area contributed by atoms with Gasteiger partial charge >= 0.3 is 12.1 Å². The smallest absolute Gasteiger partial charge is 0.408 e. The molecule has 33 heavy (non-hydrogen) atoms. The van der Waals surface area contributed by atoms with Crippen LogP contribution >= 0.6 is 15.9 Å². The van der Waals surface area contributed by atoms with Crippen LogP contribution in [0, 0.1) is 0 Å². The molecule has 2 atom stereocenters. The molecule has 1 aliphatic heterocycles. The van der Waals surface area contributed by atoms with Crippen molar-refractivity contribution in [1.82, 2.24) is 9.62 Å². The molecule has 11 heteroatoms. The summed E-state index contributed by atoms with van der Waals surface area (Å²) in [6.07, 6.45) is -0.816. The lowest BCUT2D eigenvalue weighted by Crippen LogP contribution is -2.45. The zero-order valence-corrected chi connectivity index (χ0v) is 22.3. The number of ether oxygens (including phenoxy) is 2. The van der Waals surface area contributed by atoms with Gasteiger partial charge in [-0.1, -0.05) is 28.1 Å². The van der Waals surface area contributed by atoms with E-state index in [2.05, 4.69) is 21.2 Å². The van der Waals surface area contributed by atoms with Crippen LogP contribution in [-0.2, 0) is 35.5 Å². The molecule has 0 bridgehead atoms. The number of halogens is 1. The Hall–Kier alpha value is -2.14. The first-order chi connectivity index (χ1) is 15.0. The van der Waals surface area contributed by atoms with Gasteiger partial charge < -0.3 is 14.8 Å². The zero-order chi connectivity index (χ0) is 25.4. The topological polar surface area (TPSA) is 119 Å². The maximum absolute atomic E-state index is 13.1. The van der Waals surface area contributed by atoms with Gasteiger partial charge in [-0.05, 0) is 58.7 Å². The fourth-order valence-corrected chi connectivity index (χ4v) is 6.73. The zero-order valence-electron chi connectivity index (χ0n) is 19.9. The van der Waals surface area contributed by atoms with Crippen LogP contribution in [0.25, 0.3) is 0 Å². The molecule has 184 valence electrons. The van der Waals surface area contributed by atoms with Crippen LogP contribution in [0.5, 0.6) is 0 Å². The normalized spacial score (nSPS) is 19.2. The van der Waals surface area contributed by atoms with E-state index in [0.717, 1.165) is 4.31 Å². The Bertz CT molecular complexity index is 1040. The summed E-state index contributed by atoms with van der Waals surface area (Å²) in [4.78, 5) is 36.8. The average Bonchev–Trinajstić information content (AvgIpc) is 2.87. The number of benzene rings is 1. The predicted octanol–water partition coefficient (Wildman–Crippen LogP) is 3.46. The van der Waals surface area contributed by atoms with E-state index < -0.39 is 50.4 Å². The van der Waals surface area contributed by atoms with Crippen molar-refractivity contribution in [2.45, 2.75) is 76.8 Å². The van der Waals surface area contributed by atoms with Gasteiger partial charge in [0.15, 0.2) is 0 Å². The van der Waals surface area contributed by atoms with Crippen LogP contribution in [0.15, 0.2) is 22.7 Å². The Morgan fingerprint density at radius 2 is 1.82 bits per heavy atom. The summed E-state index contributed by atoms with van der Waals surface area (Å²) in [5, 5.41) is 1.49. The molecule has 2 rings (SSSR count). The number of amides is 2. The fraction of sp³-hybridized carbons (Fsp3) is 0.591. The standard InChI is InChI=1S/C22H31BrN2O7S/c1-21(2,3)25-18(26)12-17(33(25,29)30)14-9-8-13(10-15(14)23)11-16(19(27)31-7)24-20(28)32-22(4,5)6/h8-10,16-17H,11-12H2,1-7H3,(H,24,28)/t16-,17?/m0/s1. The highest BCUT2D eigenvalue weighted by atomic mass is 79.9. The van der Waals surface area contributed by atoms with Gasteiger partial charge in [-0.3, -0.25) is 4.79 Å². The minimum atomic E-state index is -3.89. The van der Waals surface area contributed by atoms with Crippen molar-refractivity contribution < 1.29 is 32.3 Å².